The van der Waals surface area contributed by atoms with Gasteiger partial charge in [-0.15, -0.1) is 0 Å². The van der Waals surface area contributed by atoms with Gasteiger partial charge in [0.15, 0.2) is 0 Å². The van der Waals surface area contributed by atoms with E-state index >= 15 is 0 Å². The van der Waals surface area contributed by atoms with Gasteiger partial charge in [-0.2, -0.15) is 0 Å². The van der Waals surface area contributed by atoms with Crippen molar-refractivity contribution >= 4 is 17.7 Å². The third-order valence-electron chi connectivity index (χ3n) is 4.58. The first-order chi connectivity index (χ1) is 10.9. The fourth-order valence-electron chi connectivity index (χ4n) is 3.20. The van der Waals surface area contributed by atoms with E-state index in [1.807, 2.05) is 0 Å². The molecule has 3 amide bonds. The monoisotopic (exact) mass is 318 g/mol. The van der Waals surface area contributed by atoms with Crippen LogP contribution in [0.3, 0.4) is 0 Å². The molecule has 0 radical (unpaired) electrons. The number of carbonyl (C=O) groups is 3. The lowest BCUT2D eigenvalue weighted by atomic mass is 9.94. The minimum absolute atomic E-state index is 0.0316. The Morgan fingerprint density at radius 1 is 1.30 bits per heavy atom. The van der Waals surface area contributed by atoms with E-state index in [9.17, 15) is 18.8 Å². The highest BCUT2D eigenvalue weighted by Gasteiger charge is 2.54. The molecule has 23 heavy (non-hydrogen) atoms. The van der Waals surface area contributed by atoms with Gasteiger partial charge in [0.25, 0.3) is 5.91 Å². The highest BCUT2D eigenvalue weighted by molar-refractivity contribution is 6.08. The third kappa shape index (κ3) is 2.52. The summed E-state index contributed by atoms with van der Waals surface area (Å²) in [4.78, 5) is 37.9. The van der Waals surface area contributed by atoms with Crippen LogP contribution < -0.4 is 5.32 Å². The maximum Gasteiger partial charge on any atom is 0.252 e. The van der Waals surface area contributed by atoms with Crippen LogP contribution in [0.5, 0.6) is 0 Å². The molecule has 1 aliphatic heterocycles. The molecular weight excluding hydrogens is 299 g/mol. The third-order valence-corrected chi connectivity index (χ3v) is 4.58. The molecule has 1 atom stereocenters. The van der Waals surface area contributed by atoms with Gasteiger partial charge in [-0.1, -0.05) is 18.2 Å². The summed E-state index contributed by atoms with van der Waals surface area (Å²) in [6, 6.07) is 5.11. The van der Waals surface area contributed by atoms with Gasteiger partial charge in [0.1, 0.15) is 11.9 Å². The molecule has 1 aliphatic carbocycles. The van der Waals surface area contributed by atoms with Gasteiger partial charge in [0.05, 0.1) is 11.8 Å². The van der Waals surface area contributed by atoms with E-state index in [0.717, 1.165) is 0 Å². The predicted molar refractivity (Wildman–Crippen MR) is 80.8 cm³/mol. The standard InChI is InChI=1S/C17H19FN2O3/c1-10(2)20-14(21)9-13(15(20)22)19-16(23)17(7-8-17)11-5-3-4-6-12(11)18/h3-6,10,13H,7-9H2,1-2H3,(H,19,23)/t13-/m0/s1. The fourth-order valence-corrected chi connectivity index (χ4v) is 3.20. The first-order valence-corrected chi connectivity index (χ1v) is 7.79. The summed E-state index contributed by atoms with van der Waals surface area (Å²) < 4.78 is 14.0. The number of benzene rings is 1. The number of rotatable bonds is 4. The number of halogens is 1. The topological polar surface area (TPSA) is 66.5 Å². The molecule has 1 aromatic carbocycles. The SMILES string of the molecule is CC(C)N1C(=O)C[C@H](NC(=O)C2(c3ccccc3F)CC2)C1=O. The highest BCUT2D eigenvalue weighted by atomic mass is 19.1. The maximum atomic E-state index is 14.0. The molecule has 1 aromatic rings. The van der Waals surface area contributed by atoms with Gasteiger partial charge in [0, 0.05) is 11.6 Å². The Bertz CT molecular complexity index is 682. The average Bonchev–Trinajstić information content (AvgIpc) is 3.23. The maximum absolute atomic E-state index is 14.0. The molecule has 2 fully saturated rings. The van der Waals surface area contributed by atoms with E-state index in [-0.39, 0.29) is 30.2 Å². The van der Waals surface area contributed by atoms with Crippen molar-refractivity contribution in [2.45, 2.75) is 50.6 Å². The largest absolute Gasteiger partial charge is 0.343 e. The minimum Gasteiger partial charge on any atom is -0.343 e. The Labute approximate surface area is 133 Å². The summed E-state index contributed by atoms with van der Waals surface area (Å²) in [5, 5.41) is 2.65. The van der Waals surface area contributed by atoms with E-state index in [2.05, 4.69) is 5.32 Å². The van der Waals surface area contributed by atoms with Crippen molar-refractivity contribution in [1.82, 2.24) is 10.2 Å². The number of amides is 3. The number of hydrogen-bond donors (Lipinski definition) is 1. The average molecular weight is 318 g/mol. The lowest BCUT2D eigenvalue weighted by Gasteiger charge is -2.21. The van der Waals surface area contributed by atoms with Gasteiger partial charge < -0.3 is 5.32 Å². The van der Waals surface area contributed by atoms with Crippen molar-refractivity contribution in [3.05, 3.63) is 35.6 Å². The molecule has 0 unspecified atom stereocenters. The van der Waals surface area contributed by atoms with Crippen LogP contribution >= 0.6 is 0 Å². The number of carbonyl (C=O) groups excluding carboxylic acids is 3. The van der Waals surface area contributed by atoms with E-state index < -0.39 is 17.3 Å². The molecule has 5 nitrogen and oxygen atoms in total. The summed E-state index contributed by atoms with van der Waals surface area (Å²) >= 11 is 0. The van der Waals surface area contributed by atoms with Crippen molar-refractivity contribution in [2.75, 3.05) is 0 Å². The molecule has 2 aliphatic rings. The van der Waals surface area contributed by atoms with Gasteiger partial charge in [-0.05, 0) is 32.8 Å². The van der Waals surface area contributed by atoms with Gasteiger partial charge in [0.2, 0.25) is 11.8 Å². The molecule has 1 heterocycles. The van der Waals surface area contributed by atoms with Crippen molar-refractivity contribution in [1.29, 1.82) is 0 Å². The smallest absolute Gasteiger partial charge is 0.252 e. The number of hydrogen-bond acceptors (Lipinski definition) is 3. The predicted octanol–water partition coefficient (Wildman–Crippen LogP) is 1.51. The van der Waals surface area contributed by atoms with Crippen LogP contribution in [0, 0.1) is 5.82 Å². The Kier molecular flexibility index (Phi) is 3.70. The van der Waals surface area contributed by atoms with Crippen LogP contribution in [0.25, 0.3) is 0 Å². The van der Waals surface area contributed by atoms with Gasteiger partial charge in [-0.25, -0.2) is 4.39 Å². The van der Waals surface area contributed by atoms with Gasteiger partial charge in [-0.3, -0.25) is 19.3 Å². The van der Waals surface area contributed by atoms with Crippen molar-refractivity contribution in [3.8, 4) is 0 Å². The zero-order valence-electron chi connectivity index (χ0n) is 13.1. The minimum atomic E-state index is -0.903. The van der Waals surface area contributed by atoms with Crippen LogP contribution in [0.15, 0.2) is 24.3 Å². The van der Waals surface area contributed by atoms with Gasteiger partial charge >= 0.3 is 0 Å². The van der Waals surface area contributed by atoms with Crippen molar-refractivity contribution < 1.29 is 18.8 Å². The van der Waals surface area contributed by atoms with E-state index in [0.29, 0.717) is 18.4 Å². The molecule has 1 saturated heterocycles. The molecule has 0 aromatic heterocycles. The molecule has 6 heteroatoms. The number of nitrogens with zero attached hydrogens (tertiary/aromatic N) is 1. The molecule has 0 spiro atoms. The van der Waals surface area contributed by atoms with Crippen molar-refractivity contribution in [3.63, 3.8) is 0 Å². The molecule has 122 valence electrons. The van der Waals surface area contributed by atoms with Crippen LogP contribution in [-0.4, -0.2) is 34.7 Å². The lowest BCUT2D eigenvalue weighted by Crippen LogP contribution is -2.47. The first-order valence-electron chi connectivity index (χ1n) is 7.79. The second kappa shape index (κ2) is 5.44. The Hall–Kier alpha value is -2.24. The van der Waals surface area contributed by atoms with Crippen molar-refractivity contribution in [2.24, 2.45) is 0 Å². The number of imide groups is 1. The Morgan fingerprint density at radius 2 is 1.96 bits per heavy atom. The number of nitrogens with one attached hydrogen (secondary N) is 1. The number of likely N-dealkylation sites (tertiary alicyclic amines) is 1. The Morgan fingerprint density at radius 3 is 2.48 bits per heavy atom. The summed E-state index contributed by atoms with van der Waals surface area (Å²) in [6.07, 6.45) is 1.06. The first kappa shape index (κ1) is 15.6. The zero-order valence-corrected chi connectivity index (χ0v) is 13.1. The summed E-state index contributed by atoms with van der Waals surface area (Å²) in [5.74, 6) is -1.47. The lowest BCUT2D eigenvalue weighted by molar-refractivity contribution is -0.141. The molecule has 3 rings (SSSR count). The summed E-state index contributed by atoms with van der Waals surface area (Å²) in [7, 11) is 0. The molecular formula is C17H19FN2O3. The van der Waals surface area contributed by atoms with Crippen LogP contribution in [-0.2, 0) is 19.8 Å². The Balaban J connectivity index is 1.77. The second-order valence-corrected chi connectivity index (χ2v) is 6.49. The fraction of sp³-hybridized carbons (Fsp3) is 0.471. The van der Waals surface area contributed by atoms with Crippen LogP contribution in [0.4, 0.5) is 4.39 Å². The van der Waals surface area contributed by atoms with E-state index in [1.54, 1.807) is 32.0 Å². The highest BCUT2D eigenvalue weighted by Crippen LogP contribution is 2.49. The molecule has 0 bridgehead atoms. The summed E-state index contributed by atoms with van der Waals surface area (Å²) in [6.45, 7) is 3.50. The summed E-state index contributed by atoms with van der Waals surface area (Å²) in [5.41, 5.74) is -0.546. The normalized spacial score (nSPS) is 22.6. The second-order valence-electron chi connectivity index (χ2n) is 6.49. The van der Waals surface area contributed by atoms with Crippen LogP contribution in [0.1, 0.15) is 38.7 Å². The molecule has 1 N–H and O–H groups in total. The van der Waals surface area contributed by atoms with E-state index in [1.165, 1.54) is 11.0 Å². The van der Waals surface area contributed by atoms with E-state index in [4.69, 9.17) is 0 Å². The molecule has 1 saturated carbocycles. The quantitative estimate of drug-likeness (QED) is 0.856. The van der Waals surface area contributed by atoms with Crippen LogP contribution in [0.2, 0.25) is 0 Å². The zero-order chi connectivity index (χ0) is 16.8.